The van der Waals surface area contributed by atoms with Gasteiger partial charge in [0.1, 0.15) is 0 Å². The SMILES string of the molecule is CC1=Cc2ccc(N=C(C)c3ccc(C(C)=Nc4ccc5c(c4)Cc4ccccc4-5)s3)cc2C1.[Cl][Fe][Cl]. The first-order valence-electron chi connectivity index (χ1n) is 12.0. The Morgan fingerprint density at radius 1 is 0.730 bits per heavy atom. The summed E-state index contributed by atoms with van der Waals surface area (Å²) < 4.78 is 0. The molecule has 2 aliphatic carbocycles. The van der Waals surface area contributed by atoms with Crippen molar-refractivity contribution in [3.63, 3.8) is 0 Å². The quantitative estimate of drug-likeness (QED) is 0.148. The fourth-order valence-corrected chi connectivity index (χ4v) is 5.89. The molecule has 6 heteroatoms. The molecule has 37 heavy (non-hydrogen) atoms. The van der Waals surface area contributed by atoms with E-state index in [-0.39, 0.29) is 13.1 Å². The van der Waals surface area contributed by atoms with Crippen LogP contribution >= 0.6 is 31.5 Å². The monoisotopic (exact) mass is 584 g/mol. The number of benzene rings is 3. The predicted octanol–water partition coefficient (Wildman–Crippen LogP) is 9.94. The zero-order chi connectivity index (χ0) is 25.9. The molecule has 2 nitrogen and oxygen atoms in total. The van der Waals surface area contributed by atoms with Crippen LogP contribution in [-0.4, -0.2) is 11.4 Å². The Labute approximate surface area is 237 Å². The van der Waals surface area contributed by atoms with Crippen LogP contribution in [-0.2, 0) is 26.0 Å². The summed E-state index contributed by atoms with van der Waals surface area (Å²) >= 11 is 1.95. The number of hydrogen-bond acceptors (Lipinski definition) is 3. The summed E-state index contributed by atoms with van der Waals surface area (Å²) in [7, 11) is 9.53. The molecule has 4 aromatic rings. The topological polar surface area (TPSA) is 24.7 Å². The summed E-state index contributed by atoms with van der Waals surface area (Å²) in [5.41, 5.74) is 13.7. The van der Waals surface area contributed by atoms with E-state index in [9.17, 15) is 0 Å². The minimum atomic E-state index is 0.194. The number of halogens is 2. The van der Waals surface area contributed by atoms with E-state index in [0.29, 0.717) is 0 Å². The first kappa shape index (κ1) is 26.2. The second-order valence-corrected chi connectivity index (χ2v) is 12.2. The summed E-state index contributed by atoms with van der Waals surface area (Å²) in [5.74, 6) is 0. The zero-order valence-corrected chi connectivity index (χ0v) is 24.3. The Morgan fingerprint density at radius 3 is 2.03 bits per heavy atom. The summed E-state index contributed by atoms with van der Waals surface area (Å²) in [5, 5.41) is 0. The zero-order valence-electron chi connectivity index (χ0n) is 20.8. The predicted molar refractivity (Wildman–Crippen MR) is 158 cm³/mol. The van der Waals surface area contributed by atoms with Crippen LogP contribution in [0.15, 0.2) is 88.4 Å². The van der Waals surface area contributed by atoms with Gasteiger partial charge in [0.15, 0.2) is 0 Å². The van der Waals surface area contributed by atoms with Crippen LogP contribution in [0.1, 0.15) is 52.8 Å². The summed E-state index contributed by atoms with van der Waals surface area (Å²) in [4.78, 5) is 12.2. The van der Waals surface area contributed by atoms with Crippen molar-refractivity contribution in [1.82, 2.24) is 0 Å². The molecule has 6 rings (SSSR count). The Morgan fingerprint density at radius 2 is 1.32 bits per heavy atom. The number of thiophene rings is 1. The fourth-order valence-electron chi connectivity index (χ4n) is 5.00. The molecule has 0 bridgehead atoms. The first-order valence-corrected chi connectivity index (χ1v) is 15.9. The number of aliphatic imine (C=N–C) groups is 2. The van der Waals surface area contributed by atoms with Crippen molar-refractivity contribution in [2.75, 3.05) is 0 Å². The third-order valence-electron chi connectivity index (χ3n) is 6.69. The molecule has 3 aromatic carbocycles. The molecule has 0 atom stereocenters. The van der Waals surface area contributed by atoms with E-state index < -0.39 is 0 Å². The maximum absolute atomic E-state index is 4.95. The van der Waals surface area contributed by atoms with Crippen LogP contribution in [0.2, 0.25) is 0 Å². The molecule has 0 saturated heterocycles. The van der Waals surface area contributed by atoms with Crippen molar-refractivity contribution in [1.29, 1.82) is 0 Å². The van der Waals surface area contributed by atoms with Gasteiger partial charge in [0.05, 0.1) is 22.8 Å². The van der Waals surface area contributed by atoms with Gasteiger partial charge in [-0.2, -0.15) is 0 Å². The van der Waals surface area contributed by atoms with Crippen molar-refractivity contribution in [2.24, 2.45) is 9.98 Å². The van der Waals surface area contributed by atoms with Gasteiger partial charge >= 0.3 is 33.3 Å². The van der Waals surface area contributed by atoms with Crippen molar-refractivity contribution >= 4 is 60.4 Å². The van der Waals surface area contributed by atoms with Crippen LogP contribution in [0.5, 0.6) is 0 Å². The van der Waals surface area contributed by atoms with Gasteiger partial charge in [-0.25, -0.2) is 0 Å². The Kier molecular flexibility index (Phi) is 8.14. The van der Waals surface area contributed by atoms with Gasteiger partial charge in [-0.15, -0.1) is 11.3 Å². The van der Waals surface area contributed by atoms with Gasteiger partial charge < -0.3 is 0 Å². The average molecular weight is 585 g/mol. The molecule has 1 aromatic heterocycles. The number of rotatable bonds is 4. The Hall–Kier alpha value is -2.46. The van der Waals surface area contributed by atoms with E-state index in [2.05, 4.69) is 99.6 Å². The Bertz CT molecular complexity index is 1570. The Balaban J connectivity index is 0.000000892. The molecule has 0 N–H and O–H groups in total. The van der Waals surface area contributed by atoms with Gasteiger partial charge in [0.2, 0.25) is 0 Å². The van der Waals surface area contributed by atoms with E-state index in [4.69, 9.17) is 30.2 Å². The van der Waals surface area contributed by atoms with E-state index >= 15 is 0 Å². The summed E-state index contributed by atoms with van der Waals surface area (Å²) in [6, 6.07) is 26.1. The van der Waals surface area contributed by atoms with E-state index in [1.165, 1.54) is 48.7 Å². The molecule has 0 amide bonds. The van der Waals surface area contributed by atoms with Gasteiger partial charge in [0, 0.05) is 9.75 Å². The molecule has 0 saturated carbocycles. The first-order chi connectivity index (χ1) is 17.9. The van der Waals surface area contributed by atoms with E-state index in [0.717, 1.165) is 35.6 Å². The molecule has 0 unspecified atom stereocenters. The molecule has 2 aliphatic rings. The molecule has 1 heterocycles. The van der Waals surface area contributed by atoms with Crippen molar-refractivity contribution in [2.45, 2.75) is 33.6 Å². The average Bonchev–Trinajstić information content (AvgIpc) is 3.60. The number of hydrogen-bond donors (Lipinski definition) is 0. The summed E-state index contributed by atoms with van der Waals surface area (Å²) in [6.07, 6.45) is 4.29. The number of allylic oxidation sites excluding steroid dienone is 1. The van der Waals surface area contributed by atoms with Crippen LogP contribution in [0.3, 0.4) is 0 Å². The van der Waals surface area contributed by atoms with Crippen LogP contribution in [0, 0.1) is 0 Å². The summed E-state index contributed by atoms with van der Waals surface area (Å²) in [6.45, 7) is 6.38. The minimum absolute atomic E-state index is 0.194. The van der Waals surface area contributed by atoms with Crippen LogP contribution < -0.4 is 0 Å². The molecule has 0 aliphatic heterocycles. The van der Waals surface area contributed by atoms with E-state index in [1.807, 2.05) is 0 Å². The second-order valence-electron chi connectivity index (χ2n) is 9.33. The van der Waals surface area contributed by atoms with Gasteiger partial charge in [-0.05, 0) is 103 Å². The van der Waals surface area contributed by atoms with Gasteiger partial charge in [-0.1, -0.05) is 48.0 Å². The van der Waals surface area contributed by atoms with Gasteiger partial charge in [0.25, 0.3) is 0 Å². The normalized spacial score (nSPS) is 14.0. The third kappa shape index (κ3) is 5.85. The molecule has 0 radical (unpaired) electrons. The molecular formula is C31H26Cl2FeN2S. The standard InChI is InChI=1S/C31H26N2S.2ClH.Fe/c1-19-14-22-8-9-26(17-24(22)15-19)32-20(2)30-12-13-31(34-30)21(3)33-27-10-11-29-25(18-27)16-23-6-4-5-7-28(23)29;;;/h4-14,17-18H,15-16H2,1-3H3;2*1H;/q;;;+2/p-2. The number of nitrogens with zero attached hydrogens (tertiary/aromatic N) is 2. The molecular weight excluding hydrogens is 559 g/mol. The van der Waals surface area contributed by atoms with Crippen molar-refractivity contribution < 1.29 is 13.1 Å². The number of fused-ring (bicyclic) bond motifs is 4. The maximum atomic E-state index is 4.95. The molecule has 0 fully saturated rings. The van der Waals surface area contributed by atoms with E-state index in [1.54, 1.807) is 11.3 Å². The van der Waals surface area contributed by atoms with Crippen molar-refractivity contribution in [3.8, 4) is 11.1 Å². The molecule has 0 spiro atoms. The molecule has 188 valence electrons. The third-order valence-corrected chi connectivity index (χ3v) is 7.99. The van der Waals surface area contributed by atoms with Gasteiger partial charge in [-0.3, -0.25) is 9.98 Å². The van der Waals surface area contributed by atoms with Crippen molar-refractivity contribution in [3.05, 3.63) is 110 Å². The fraction of sp³-hybridized carbons (Fsp3) is 0.161. The van der Waals surface area contributed by atoms with Crippen LogP contribution in [0.4, 0.5) is 11.4 Å². The van der Waals surface area contributed by atoms with Crippen LogP contribution in [0.25, 0.3) is 17.2 Å². The second kappa shape index (κ2) is 11.5.